The largest absolute Gasteiger partial charge is 0.481 e. The van der Waals surface area contributed by atoms with Crippen LogP contribution >= 0.6 is 11.3 Å². The highest BCUT2D eigenvalue weighted by Gasteiger charge is 2.15. The first kappa shape index (κ1) is 17.4. The summed E-state index contributed by atoms with van der Waals surface area (Å²) in [7, 11) is 0. The highest BCUT2D eigenvalue weighted by Crippen LogP contribution is 2.20. The summed E-state index contributed by atoms with van der Waals surface area (Å²) in [6.45, 7) is 5.12. The molecule has 118 valence electrons. The minimum absolute atomic E-state index is 0.179. The summed E-state index contributed by atoms with van der Waals surface area (Å²) in [5.41, 5.74) is 2.57. The summed E-state index contributed by atoms with van der Waals surface area (Å²) >= 11 is 1.49. The van der Waals surface area contributed by atoms with Gasteiger partial charge < -0.3 is 15.7 Å². The molecule has 1 unspecified atom stereocenters. The van der Waals surface area contributed by atoms with E-state index in [1.54, 1.807) is 5.51 Å². The van der Waals surface area contributed by atoms with Crippen molar-refractivity contribution < 1.29 is 14.7 Å². The summed E-state index contributed by atoms with van der Waals surface area (Å²) in [5, 5.41) is 16.2. The molecule has 0 saturated carbocycles. The molecule has 1 heterocycles. The lowest BCUT2D eigenvalue weighted by molar-refractivity contribution is -0.137. The molecule has 0 fully saturated rings. The quantitative estimate of drug-likeness (QED) is 0.653. The van der Waals surface area contributed by atoms with Gasteiger partial charge in [0.1, 0.15) is 0 Å². The van der Waals surface area contributed by atoms with Crippen molar-refractivity contribution in [2.45, 2.75) is 39.7 Å². The second kappa shape index (κ2) is 9.33. The molecule has 21 heavy (non-hydrogen) atoms. The molecule has 1 atom stereocenters. The zero-order valence-electron chi connectivity index (χ0n) is 12.5. The summed E-state index contributed by atoms with van der Waals surface area (Å²) < 4.78 is 0. The average molecular weight is 313 g/mol. The fourth-order valence-electron chi connectivity index (χ4n) is 2.05. The standard InChI is InChI=1S/C14H23N3O3S/c1-10(2)11(3-4-13(18)19)5-6-15-14(20)16-7-12-8-21-9-17-12/h8-11H,3-7H2,1-2H3,(H,18,19)(H2,15,16,20). The lowest BCUT2D eigenvalue weighted by Gasteiger charge is -2.20. The summed E-state index contributed by atoms with van der Waals surface area (Å²) in [6.07, 6.45) is 1.61. The van der Waals surface area contributed by atoms with Gasteiger partial charge in [0.25, 0.3) is 0 Å². The Morgan fingerprint density at radius 2 is 2.10 bits per heavy atom. The number of carbonyl (C=O) groups is 2. The maximum atomic E-state index is 11.6. The summed E-state index contributed by atoms with van der Waals surface area (Å²) in [4.78, 5) is 26.3. The molecule has 2 amide bonds. The number of thiazole rings is 1. The van der Waals surface area contributed by atoms with Gasteiger partial charge >= 0.3 is 12.0 Å². The first-order valence-corrected chi connectivity index (χ1v) is 8.04. The van der Waals surface area contributed by atoms with Crippen LogP contribution in [0.15, 0.2) is 10.9 Å². The third-order valence-electron chi connectivity index (χ3n) is 3.39. The number of hydrogen-bond acceptors (Lipinski definition) is 4. The number of rotatable bonds is 9. The third kappa shape index (κ3) is 7.65. The molecule has 1 rings (SSSR count). The number of amides is 2. The van der Waals surface area contributed by atoms with Gasteiger partial charge in [-0.3, -0.25) is 4.79 Å². The molecular weight excluding hydrogens is 290 g/mol. The average Bonchev–Trinajstić information content (AvgIpc) is 2.92. The Kier molecular flexibility index (Phi) is 7.74. The van der Waals surface area contributed by atoms with Gasteiger partial charge in [0, 0.05) is 18.3 Å². The zero-order chi connectivity index (χ0) is 15.7. The van der Waals surface area contributed by atoms with E-state index in [1.807, 2.05) is 5.38 Å². The number of carboxylic acid groups (broad SMARTS) is 1. The van der Waals surface area contributed by atoms with E-state index in [1.165, 1.54) is 11.3 Å². The van der Waals surface area contributed by atoms with Gasteiger partial charge in [-0.2, -0.15) is 0 Å². The van der Waals surface area contributed by atoms with Crippen LogP contribution in [-0.4, -0.2) is 28.6 Å². The fourth-order valence-corrected chi connectivity index (χ4v) is 2.61. The van der Waals surface area contributed by atoms with Crippen molar-refractivity contribution in [2.75, 3.05) is 6.54 Å². The van der Waals surface area contributed by atoms with E-state index in [-0.39, 0.29) is 12.5 Å². The van der Waals surface area contributed by atoms with Gasteiger partial charge in [-0.1, -0.05) is 13.8 Å². The molecule has 0 aliphatic rings. The molecule has 1 aromatic heterocycles. The molecule has 6 nitrogen and oxygen atoms in total. The number of aromatic nitrogens is 1. The van der Waals surface area contributed by atoms with Gasteiger partial charge in [-0.05, 0) is 24.7 Å². The van der Waals surface area contributed by atoms with Crippen LogP contribution in [0.3, 0.4) is 0 Å². The SMILES string of the molecule is CC(C)C(CCNC(=O)NCc1cscn1)CCC(=O)O. The fraction of sp³-hybridized carbons (Fsp3) is 0.643. The van der Waals surface area contributed by atoms with Crippen molar-refractivity contribution in [3.8, 4) is 0 Å². The smallest absolute Gasteiger partial charge is 0.315 e. The highest BCUT2D eigenvalue weighted by atomic mass is 32.1. The number of carbonyl (C=O) groups excluding carboxylic acids is 1. The molecule has 0 spiro atoms. The second-order valence-corrected chi connectivity index (χ2v) is 6.03. The normalized spacial score (nSPS) is 12.1. The minimum Gasteiger partial charge on any atom is -0.481 e. The van der Waals surface area contributed by atoms with Gasteiger partial charge in [0.15, 0.2) is 0 Å². The van der Waals surface area contributed by atoms with E-state index in [2.05, 4.69) is 29.5 Å². The Hall–Kier alpha value is -1.63. The molecule has 0 aliphatic carbocycles. The van der Waals surface area contributed by atoms with E-state index in [4.69, 9.17) is 5.11 Å². The number of nitrogens with zero attached hydrogens (tertiary/aromatic N) is 1. The monoisotopic (exact) mass is 313 g/mol. The van der Waals surface area contributed by atoms with Crippen LogP contribution in [0.1, 0.15) is 38.8 Å². The molecule has 1 aromatic rings. The molecule has 0 saturated heterocycles. The first-order chi connectivity index (χ1) is 9.99. The van der Waals surface area contributed by atoms with Gasteiger partial charge in [-0.25, -0.2) is 9.78 Å². The Morgan fingerprint density at radius 3 is 2.67 bits per heavy atom. The van der Waals surface area contributed by atoms with Gasteiger partial charge in [-0.15, -0.1) is 11.3 Å². The Labute approximate surface area is 129 Å². The molecule has 0 aromatic carbocycles. The van der Waals surface area contributed by atoms with Crippen LogP contribution in [0.25, 0.3) is 0 Å². The lowest BCUT2D eigenvalue weighted by atomic mass is 9.88. The first-order valence-electron chi connectivity index (χ1n) is 7.09. The van der Waals surface area contributed by atoms with Gasteiger partial charge in [0.2, 0.25) is 0 Å². The van der Waals surface area contributed by atoms with E-state index in [0.717, 1.165) is 12.1 Å². The van der Waals surface area contributed by atoms with Crippen LogP contribution < -0.4 is 10.6 Å². The molecule has 3 N–H and O–H groups in total. The van der Waals surface area contributed by atoms with Crippen LogP contribution in [0, 0.1) is 11.8 Å². The third-order valence-corrected chi connectivity index (χ3v) is 4.02. The molecule has 0 bridgehead atoms. The van der Waals surface area contributed by atoms with Crippen molar-refractivity contribution in [3.63, 3.8) is 0 Å². The van der Waals surface area contributed by atoms with Gasteiger partial charge in [0.05, 0.1) is 17.7 Å². The predicted octanol–water partition coefficient (Wildman–Crippen LogP) is 2.47. The van der Waals surface area contributed by atoms with Crippen LogP contribution in [0.2, 0.25) is 0 Å². The summed E-state index contributed by atoms with van der Waals surface area (Å²) in [5.74, 6) is -0.0567. The van der Waals surface area contributed by atoms with E-state index in [0.29, 0.717) is 31.3 Å². The lowest BCUT2D eigenvalue weighted by Crippen LogP contribution is -2.36. The molecule has 0 radical (unpaired) electrons. The molecular formula is C14H23N3O3S. The Bertz CT molecular complexity index is 435. The second-order valence-electron chi connectivity index (χ2n) is 5.31. The van der Waals surface area contributed by atoms with Crippen LogP contribution in [0.4, 0.5) is 4.79 Å². The summed E-state index contributed by atoms with van der Waals surface area (Å²) in [6, 6.07) is -0.219. The van der Waals surface area contributed by atoms with Crippen molar-refractivity contribution in [3.05, 3.63) is 16.6 Å². The Morgan fingerprint density at radius 1 is 1.33 bits per heavy atom. The highest BCUT2D eigenvalue weighted by molar-refractivity contribution is 7.07. The number of nitrogens with one attached hydrogen (secondary N) is 2. The van der Waals surface area contributed by atoms with Crippen molar-refractivity contribution >= 4 is 23.3 Å². The van der Waals surface area contributed by atoms with Crippen molar-refractivity contribution in [1.82, 2.24) is 15.6 Å². The Balaban J connectivity index is 2.20. The maximum absolute atomic E-state index is 11.6. The number of hydrogen-bond donors (Lipinski definition) is 3. The molecule has 0 aliphatic heterocycles. The van der Waals surface area contributed by atoms with Crippen LogP contribution in [-0.2, 0) is 11.3 Å². The van der Waals surface area contributed by atoms with Crippen molar-refractivity contribution in [1.29, 1.82) is 0 Å². The van der Waals surface area contributed by atoms with E-state index < -0.39 is 5.97 Å². The number of carboxylic acids is 1. The zero-order valence-corrected chi connectivity index (χ0v) is 13.3. The number of aliphatic carboxylic acids is 1. The van der Waals surface area contributed by atoms with E-state index >= 15 is 0 Å². The van der Waals surface area contributed by atoms with E-state index in [9.17, 15) is 9.59 Å². The maximum Gasteiger partial charge on any atom is 0.315 e. The topological polar surface area (TPSA) is 91.3 Å². The van der Waals surface area contributed by atoms with Crippen molar-refractivity contribution in [2.24, 2.45) is 11.8 Å². The number of urea groups is 1. The minimum atomic E-state index is -0.769. The predicted molar refractivity (Wildman–Crippen MR) is 82.2 cm³/mol. The van der Waals surface area contributed by atoms with Crippen LogP contribution in [0.5, 0.6) is 0 Å². The molecule has 7 heteroatoms.